The first-order chi connectivity index (χ1) is 18.7. The Morgan fingerprint density at radius 3 is 2.64 bits per heavy atom. The summed E-state index contributed by atoms with van der Waals surface area (Å²) in [4.78, 5) is 36.2. The van der Waals surface area contributed by atoms with E-state index in [1.807, 2.05) is 18.1 Å². The predicted molar refractivity (Wildman–Crippen MR) is 161 cm³/mol. The lowest BCUT2D eigenvalue weighted by Crippen LogP contribution is -2.56. The average molecular weight is 568 g/mol. The van der Waals surface area contributed by atoms with Crippen molar-refractivity contribution in [3.05, 3.63) is 45.9 Å². The number of likely N-dealkylation sites (N-methyl/N-ethyl adjacent to an activating group) is 2. The molecule has 3 aromatic rings. The Labute approximate surface area is 240 Å². The molecule has 5 rings (SSSR count). The maximum absolute atomic E-state index is 13.1. The molecule has 7 nitrogen and oxygen atoms in total. The van der Waals surface area contributed by atoms with Gasteiger partial charge in [-0.15, -0.1) is 11.3 Å². The summed E-state index contributed by atoms with van der Waals surface area (Å²) < 4.78 is 1.10. The number of aromatic nitrogens is 1. The molecule has 2 aliphatic rings. The number of carbonyl (C=O) groups is 2. The number of carbonyl (C=O) groups excluding carboxylic acids is 2. The van der Waals surface area contributed by atoms with Crippen LogP contribution in [0.2, 0.25) is 5.02 Å². The standard InChI is InChI=1S/C30H38ClN5O2S/c1-5-20-12-21(31)13-25(28(20)35(4)22-15-32-16-22)24-6-9-33-26-14-23(39-29(24)26)17-34(3)27(38)18-36(10-11-37)19-30(2)7-8-30/h6,9,11-14,22,32H,5,7-8,10,15-19H2,1-4H3. The van der Waals surface area contributed by atoms with Crippen molar-refractivity contribution in [3.8, 4) is 11.1 Å². The molecule has 1 saturated carbocycles. The zero-order valence-corrected chi connectivity index (χ0v) is 24.9. The first-order valence-electron chi connectivity index (χ1n) is 13.7. The first-order valence-corrected chi connectivity index (χ1v) is 14.9. The summed E-state index contributed by atoms with van der Waals surface area (Å²) in [6.45, 7) is 8.17. The van der Waals surface area contributed by atoms with Gasteiger partial charge < -0.3 is 19.9 Å². The molecule has 0 spiro atoms. The molecule has 39 heavy (non-hydrogen) atoms. The van der Waals surface area contributed by atoms with Gasteiger partial charge in [0, 0.05) is 66.6 Å². The van der Waals surface area contributed by atoms with Gasteiger partial charge in [-0.25, -0.2) is 0 Å². The van der Waals surface area contributed by atoms with Crippen LogP contribution < -0.4 is 10.2 Å². The van der Waals surface area contributed by atoms with Crippen molar-refractivity contribution in [2.75, 3.05) is 51.7 Å². The third kappa shape index (κ3) is 6.14. The quantitative estimate of drug-likeness (QED) is 0.316. The van der Waals surface area contributed by atoms with Gasteiger partial charge in [0.05, 0.1) is 35.9 Å². The lowest BCUT2D eigenvalue weighted by Gasteiger charge is -2.39. The maximum Gasteiger partial charge on any atom is 0.236 e. The molecule has 1 aromatic carbocycles. The van der Waals surface area contributed by atoms with E-state index in [2.05, 4.69) is 60.4 Å². The normalized spacial score (nSPS) is 16.4. The minimum Gasteiger partial charge on any atom is -0.368 e. The summed E-state index contributed by atoms with van der Waals surface area (Å²) in [6, 6.07) is 8.78. The second-order valence-electron chi connectivity index (χ2n) is 11.4. The van der Waals surface area contributed by atoms with Crippen LogP contribution in [0.4, 0.5) is 5.69 Å². The van der Waals surface area contributed by atoms with Gasteiger partial charge in [0.1, 0.15) is 6.29 Å². The number of nitrogens with one attached hydrogen (secondary N) is 1. The summed E-state index contributed by atoms with van der Waals surface area (Å²) in [6.07, 6.45) is 5.96. The number of pyridine rings is 1. The third-order valence-electron chi connectivity index (χ3n) is 8.17. The Morgan fingerprint density at radius 1 is 1.23 bits per heavy atom. The van der Waals surface area contributed by atoms with E-state index in [-0.39, 0.29) is 17.9 Å². The second kappa shape index (κ2) is 11.5. The largest absolute Gasteiger partial charge is 0.368 e. The van der Waals surface area contributed by atoms with E-state index in [0.717, 1.165) is 76.4 Å². The molecular formula is C30H38ClN5O2S. The summed E-state index contributed by atoms with van der Waals surface area (Å²) >= 11 is 8.32. The molecule has 0 atom stereocenters. The van der Waals surface area contributed by atoms with Gasteiger partial charge in [0.2, 0.25) is 5.91 Å². The molecule has 0 unspecified atom stereocenters. The van der Waals surface area contributed by atoms with E-state index in [1.54, 1.807) is 16.2 Å². The number of benzene rings is 1. The van der Waals surface area contributed by atoms with Crippen LogP contribution in [0.15, 0.2) is 30.5 Å². The zero-order chi connectivity index (χ0) is 27.7. The topological polar surface area (TPSA) is 68.8 Å². The third-order valence-corrected chi connectivity index (χ3v) is 9.53. The monoisotopic (exact) mass is 567 g/mol. The number of hydrogen-bond acceptors (Lipinski definition) is 7. The van der Waals surface area contributed by atoms with Crippen molar-refractivity contribution >= 4 is 51.0 Å². The number of rotatable bonds is 12. The van der Waals surface area contributed by atoms with Crippen LogP contribution >= 0.6 is 22.9 Å². The molecule has 9 heteroatoms. The Kier molecular flexibility index (Phi) is 8.29. The predicted octanol–water partition coefficient (Wildman–Crippen LogP) is 4.85. The van der Waals surface area contributed by atoms with E-state index in [4.69, 9.17) is 11.6 Å². The van der Waals surface area contributed by atoms with E-state index < -0.39 is 0 Å². The molecule has 1 amide bonds. The molecule has 208 valence electrons. The molecule has 1 aliphatic heterocycles. The minimum atomic E-state index is 0.0205. The fourth-order valence-electron chi connectivity index (χ4n) is 5.39. The second-order valence-corrected chi connectivity index (χ2v) is 13.0. The van der Waals surface area contributed by atoms with Crippen LogP contribution in [0, 0.1) is 5.41 Å². The van der Waals surface area contributed by atoms with Gasteiger partial charge in [-0.2, -0.15) is 0 Å². The van der Waals surface area contributed by atoms with Crippen LogP contribution in [0.1, 0.15) is 37.1 Å². The highest BCUT2D eigenvalue weighted by molar-refractivity contribution is 7.19. The summed E-state index contributed by atoms with van der Waals surface area (Å²) in [5.41, 5.74) is 5.87. The van der Waals surface area contributed by atoms with Gasteiger partial charge in [-0.05, 0) is 54.5 Å². The van der Waals surface area contributed by atoms with Crippen molar-refractivity contribution in [1.82, 2.24) is 20.1 Å². The fourth-order valence-corrected chi connectivity index (χ4v) is 6.83. The van der Waals surface area contributed by atoms with E-state index in [1.165, 1.54) is 11.3 Å². The molecule has 0 bridgehead atoms. The van der Waals surface area contributed by atoms with Crippen molar-refractivity contribution in [3.63, 3.8) is 0 Å². The van der Waals surface area contributed by atoms with E-state index in [0.29, 0.717) is 19.1 Å². The van der Waals surface area contributed by atoms with Crippen LogP contribution in [0.3, 0.4) is 0 Å². The molecule has 0 radical (unpaired) electrons. The SMILES string of the molecule is CCc1cc(Cl)cc(-c2ccnc3cc(CN(C)C(=O)CN(CC=O)CC4(C)CC4)sc23)c1N(C)C1CNC1. The van der Waals surface area contributed by atoms with E-state index >= 15 is 0 Å². The van der Waals surface area contributed by atoms with Crippen molar-refractivity contribution in [1.29, 1.82) is 0 Å². The number of thiophene rings is 1. The van der Waals surface area contributed by atoms with Gasteiger partial charge in [0.15, 0.2) is 0 Å². The lowest BCUT2D eigenvalue weighted by atomic mass is 9.96. The number of nitrogens with zero attached hydrogens (tertiary/aromatic N) is 4. The van der Waals surface area contributed by atoms with Crippen LogP contribution in [-0.2, 0) is 22.6 Å². The summed E-state index contributed by atoms with van der Waals surface area (Å²) in [7, 11) is 4.01. The highest BCUT2D eigenvalue weighted by Gasteiger charge is 2.39. The highest BCUT2D eigenvalue weighted by Crippen LogP contribution is 2.45. The molecule has 3 heterocycles. The number of anilines is 1. The number of aryl methyl sites for hydroxylation is 1. The van der Waals surface area contributed by atoms with Crippen molar-refractivity contribution in [2.45, 2.75) is 45.7 Å². The first kappa shape index (κ1) is 28.0. The Bertz CT molecular complexity index is 1370. The zero-order valence-electron chi connectivity index (χ0n) is 23.3. The fraction of sp³-hybridized carbons (Fsp3) is 0.500. The smallest absolute Gasteiger partial charge is 0.236 e. The number of amides is 1. The average Bonchev–Trinajstić information content (AvgIpc) is 3.44. The molecule has 2 aromatic heterocycles. The molecule has 1 aliphatic carbocycles. The van der Waals surface area contributed by atoms with Crippen molar-refractivity contribution in [2.24, 2.45) is 5.41 Å². The minimum absolute atomic E-state index is 0.0205. The van der Waals surface area contributed by atoms with Gasteiger partial charge in [-0.3, -0.25) is 14.7 Å². The maximum atomic E-state index is 13.1. The molecule has 2 fully saturated rings. The Balaban J connectivity index is 1.41. The molecule has 1 saturated heterocycles. The number of aldehydes is 1. The number of fused-ring (bicyclic) bond motifs is 1. The summed E-state index contributed by atoms with van der Waals surface area (Å²) in [5.74, 6) is 0.0205. The lowest BCUT2D eigenvalue weighted by molar-refractivity contribution is -0.132. The van der Waals surface area contributed by atoms with Gasteiger partial charge in [-0.1, -0.05) is 25.4 Å². The van der Waals surface area contributed by atoms with Crippen molar-refractivity contribution < 1.29 is 9.59 Å². The van der Waals surface area contributed by atoms with E-state index in [9.17, 15) is 9.59 Å². The van der Waals surface area contributed by atoms with Crippen LogP contribution in [-0.4, -0.2) is 79.8 Å². The Hall–Kier alpha value is -2.52. The Morgan fingerprint density at radius 2 is 2.00 bits per heavy atom. The highest BCUT2D eigenvalue weighted by atomic mass is 35.5. The summed E-state index contributed by atoms with van der Waals surface area (Å²) in [5, 5.41) is 4.12. The number of hydrogen-bond donors (Lipinski definition) is 1. The molecule has 1 N–H and O–H groups in total. The van der Waals surface area contributed by atoms with Crippen LogP contribution in [0.5, 0.6) is 0 Å². The number of halogens is 1. The van der Waals surface area contributed by atoms with Crippen LogP contribution in [0.25, 0.3) is 21.3 Å². The van der Waals surface area contributed by atoms with Gasteiger partial charge >= 0.3 is 0 Å². The van der Waals surface area contributed by atoms with Gasteiger partial charge in [0.25, 0.3) is 0 Å². The molecular weight excluding hydrogens is 530 g/mol.